The van der Waals surface area contributed by atoms with Crippen LogP contribution < -0.4 is 5.32 Å². The van der Waals surface area contributed by atoms with Crippen molar-refractivity contribution in [3.8, 4) is 0 Å². The molecule has 0 saturated heterocycles. The summed E-state index contributed by atoms with van der Waals surface area (Å²) in [5.41, 5.74) is 0.308. The summed E-state index contributed by atoms with van der Waals surface area (Å²) in [5.74, 6) is 0. The second-order valence-corrected chi connectivity index (χ2v) is 5.23. The number of aliphatic hydroxyl groups excluding tert-OH is 1. The zero-order valence-electron chi connectivity index (χ0n) is 9.67. The molecule has 0 aromatic carbocycles. The lowest BCUT2D eigenvalue weighted by Gasteiger charge is -2.29. The minimum absolute atomic E-state index is 0.0813. The second kappa shape index (κ2) is 5.62. The van der Waals surface area contributed by atoms with E-state index < -0.39 is 11.0 Å². The van der Waals surface area contributed by atoms with Gasteiger partial charge in [0.25, 0.3) is 0 Å². The normalized spacial score (nSPS) is 23.7. The van der Waals surface area contributed by atoms with Crippen LogP contribution in [0.5, 0.6) is 0 Å². The Labute approximate surface area is 113 Å². The lowest BCUT2D eigenvalue weighted by atomic mass is 9.92. The predicted molar refractivity (Wildman–Crippen MR) is 70.5 cm³/mol. The average Bonchev–Trinajstić information content (AvgIpc) is 2.34. The molecule has 7 heteroatoms. The fraction of sp³-hybridized carbons (Fsp3) is 0.545. The minimum Gasteiger partial charge on any atom is -0.391 e. The Morgan fingerprint density at radius 2 is 2.17 bits per heavy atom. The maximum Gasteiger partial charge on any atom is 0.311 e. The van der Waals surface area contributed by atoms with Crippen molar-refractivity contribution in [2.45, 2.75) is 37.8 Å². The number of aromatic nitrogens is 1. The van der Waals surface area contributed by atoms with Crippen molar-refractivity contribution in [2.24, 2.45) is 0 Å². The Morgan fingerprint density at radius 3 is 2.83 bits per heavy atom. The Balaban J connectivity index is 2.24. The Kier molecular flexibility index (Phi) is 4.13. The smallest absolute Gasteiger partial charge is 0.311 e. The third-order valence-corrected chi connectivity index (χ3v) is 3.74. The van der Waals surface area contributed by atoms with E-state index in [1.54, 1.807) is 0 Å². The Hall–Kier alpha value is -1.21. The fourth-order valence-electron chi connectivity index (χ4n) is 2.17. The van der Waals surface area contributed by atoms with Crippen LogP contribution in [0.3, 0.4) is 0 Å². The maximum absolute atomic E-state index is 10.9. The van der Waals surface area contributed by atoms with Crippen LogP contribution in [-0.2, 0) is 0 Å². The molecule has 0 spiro atoms. The number of rotatable bonds is 3. The van der Waals surface area contributed by atoms with Crippen molar-refractivity contribution < 1.29 is 10.0 Å². The molecule has 1 heterocycles. The number of nitrogens with one attached hydrogen (secondary N) is 1. The molecular formula is C11H14BrN3O3. The Morgan fingerprint density at radius 1 is 1.44 bits per heavy atom. The lowest BCUT2D eigenvalue weighted by molar-refractivity contribution is -0.384. The summed E-state index contributed by atoms with van der Waals surface area (Å²) in [7, 11) is 0. The van der Waals surface area contributed by atoms with Crippen LogP contribution in [0, 0.1) is 10.1 Å². The van der Waals surface area contributed by atoms with Crippen LogP contribution in [0.2, 0.25) is 0 Å². The summed E-state index contributed by atoms with van der Waals surface area (Å²) in [4.78, 5) is 14.2. The van der Waals surface area contributed by atoms with Gasteiger partial charge in [0.15, 0.2) is 0 Å². The van der Waals surface area contributed by atoms with Crippen LogP contribution in [0.1, 0.15) is 25.7 Å². The van der Waals surface area contributed by atoms with Gasteiger partial charge in [-0.25, -0.2) is 0 Å². The zero-order chi connectivity index (χ0) is 13.1. The van der Waals surface area contributed by atoms with Gasteiger partial charge >= 0.3 is 5.69 Å². The van der Waals surface area contributed by atoms with Crippen molar-refractivity contribution >= 4 is 27.3 Å². The first-order chi connectivity index (χ1) is 8.59. The van der Waals surface area contributed by atoms with Gasteiger partial charge in [-0.2, -0.15) is 0 Å². The van der Waals surface area contributed by atoms with E-state index in [1.165, 1.54) is 12.4 Å². The number of halogens is 1. The van der Waals surface area contributed by atoms with Gasteiger partial charge in [-0.05, 0) is 28.8 Å². The van der Waals surface area contributed by atoms with Gasteiger partial charge in [0.05, 0.1) is 21.5 Å². The van der Waals surface area contributed by atoms with Crippen LogP contribution in [0.25, 0.3) is 0 Å². The van der Waals surface area contributed by atoms with Crippen LogP contribution in [0.15, 0.2) is 16.9 Å². The molecule has 1 aliphatic carbocycles. The van der Waals surface area contributed by atoms with Crippen molar-refractivity contribution in [3.63, 3.8) is 0 Å². The number of aliphatic hydroxyl groups is 1. The summed E-state index contributed by atoms with van der Waals surface area (Å²) < 4.78 is 0.537. The van der Waals surface area contributed by atoms with E-state index in [2.05, 4.69) is 26.2 Å². The van der Waals surface area contributed by atoms with E-state index in [-0.39, 0.29) is 11.7 Å². The fourth-order valence-corrected chi connectivity index (χ4v) is 2.61. The molecule has 0 radical (unpaired) electrons. The zero-order valence-corrected chi connectivity index (χ0v) is 11.3. The number of nitrogens with zero attached hydrogens (tertiary/aromatic N) is 2. The van der Waals surface area contributed by atoms with Gasteiger partial charge in [0, 0.05) is 6.20 Å². The van der Waals surface area contributed by atoms with E-state index in [4.69, 9.17) is 0 Å². The number of hydrogen-bond acceptors (Lipinski definition) is 5. The highest BCUT2D eigenvalue weighted by Crippen LogP contribution is 2.33. The molecule has 0 bridgehead atoms. The van der Waals surface area contributed by atoms with Crippen molar-refractivity contribution in [2.75, 3.05) is 5.32 Å². The lowest BCUT2D eigenvalue weighted by Crippen LogP contribution is -2.36. The molecule has 98 valence electrons. The van der Waals surface area contributed by atoms with Crippen LogP contribution in [0.4, 0.5) is 11.4 Å². The first kappa shape index (κ1) is 13.2. The Bertz CT molecular complexity index is 455. The van der Waals surface area contributed by atoms with Gasteiger partial charge in [-0.1, -0.05) is 12.8 Å². The third kappa shape index (κ3) is 2.78. The molecule has 2 unspecified atom stereocenters. The largest absolute Gasteiger partial charge is 0.391 e. The molecule has 6 nitrogen and oxygen atoms in total. The topological polar surface area (TPSA) is 88.3 Å². The van der Waals surface area contributed by atoms with Gasteiger partial charge in [0.2, 0.25) is 0 Å². The molecule has 2 N–H and O–H groups in total. The highest BCUT2D eigenvalue weighted by atomic mass is 79.9. The van der Waals surface area contributed by atoms with Crippen molar-refractivity contribution in [1.29, 1.82) is 0 Å². The quantitative estimate of drug-likeness (QED) is 0.660. The third-order valence-electron chi connectivity index (χ3n) is 3.14. The van der Waals surface area contributed by atoms with Gasteiger partial charge in [-0.3, -0.25) is 15.1 Å². The minimum atomic E-state index is -0.477. The molecule has 0 amide bonds. The molecule has 1 fully saturated rings. The number of anilines is 1. The molecule has 2 atom stereocenters. The average molecular weight is 316 g/mol. The molecular weight excluding hydrogens is 302 g/mol. The second-order valence-electron chi connectivity index (χ2n) is 4.38. The maximum atomic E-state index is 10.9. The summed E-state index contributed by atoms with van der Waals surface area (Å²) >= 11 is 3.25. The number of hydrogen-bond donors (Lipinski definition) is 2. The SMILES string of the molecule is O=[N+]([O-])c1cncc(Br)c1NC1CCCCC1O. The van der Waals surface area contributed by atoms with E-state index >= 15 is 0 Å². The highest BCUT2D eigenvalue weighted by molar-refractivity contribution is 9.10. The van der Waals surface area contributed by atoms with Gasteiger partial charge < -0.3 is 10.4 Å². The first-order valence-corrected chi connectivity index (χ1v) is 6.61. The first-order valence-electron chi connectivity index (χ1n) is 5.82. The summed E-state index contributed by atoms with van der Waals surface area (Å²) in [6.07, 6.45) is 5.82. The molecule has 0 aliphatic heterocycles. The standard InChI is InChI=1S/C11H14BrN3O3/c12-7-5-13-6-9(15(17)18)11(7)14-8-3-1-2-4-10(8)16/h5-6,8,10,16H,1-4H2,(H,13,14). The van der Waals surface area contributed by atoms with E-state index in [0.29, 0.717) is 10.2 Å². The highest BCUT2D eigenvalue weighted by Gasteiger charge is 2.26. The van der Waals surface area contributed by atoms with E-state index in [1.807, 2.05) is 0 Å². The predicted octanol–water partition coefficient (Wildman–Crippen LogP) is 2.47. The molecule has 2 rings (SSSR count). The van der Waals surface area contributed by atoms with Gasteiger partial charge in [0.1, 0.15) is 11.9 Å². The number of pyridine rings is 1. The molecule has 1 aromatic rings. The van der Waals surface area contributed by atoms with Crippen LogP contribution in [-0.4, -0.2) is 27.2 Å². The van der Waals surface area contributed by atoms with Crippen molar-refractivity contribution in [1.82, 2.24) is 4.98 Å². The molecule has 1 saturated carbocycles. The summed E-state index contributed by atoms with van der Waals surface area (Å²) in [6, 6.07) is -0.142. The van der Waals surface area contributed by atoms with E-state index in [0.717, 1.165) is 25.7 Å². The van der Waals surface area contributed by atoms with E-state index in [9.17, 15) is 15.2 Å². The van der Waals surface area contributed by atoms with Gasteiger partial charge in [-0.15, -0.1) is 0 Å². The van der Waals surface area contributed by atoms with Crippen LogP contribution >= 0.6 is 15.9 Å². The molecule has 1 aliphatic rings. The molecule has 1 aromatic heterocycles. The monoisotopic (exact) mass is 315 g/mol. The van der Waals surface area contributed by atoms with Crippen molar-refractivity contribution in [3.05, 3.63) is 27.0 Å². The summed E-state index contributed by atoms with van der Waals surface area (Å²) in [6.45, 7) is 0. The molecule has 18 heavy (non-hydrogen) atoms. The summed E-state index contributed by atoms with van der Waals surface area (Å²) in [5, 5.41) is 23.9. The number of nitro groups is 1.